The zero-order valence-corrected chi connectivity index (χ0v) is 17.9. The topological polar surface area (TPSA) is 193 Å². The highest BCUT2D eigenvalue weighted by molar-refractivity contribution is 5.00. The van der Waals surface area contributed by atoms with Crippen LogP contribution in [0.15, 0.2) is 0 Å². The summed E-state index contributed by atoms with van der Waals surface area (Å²) in [5, 5.41) is 80.7. The molecule has 2 aliphatic carbocycles. The molecule has 0 amide bonds. The van der Waals surface area contributed by atoms with Crippen molar-refractivity contribution in [3.8, 4) is 0 Å². The quantitative estimate of drug-likeness (QED) is 0.193. The van der Waals surface area contributed by atoms with Crippen molar-refractivity contribution in [2.75, 3.05) is 6.61 Å². The Morgan fingerprint density at radius 3 is 2.12 bits per heavy atom. The summed E-state index contributed by atoms with van der Waals surface area (Å²) in [6.07, 6.45) is -9.12. The molecule has 2 saturated carbocycles. The molecule has 7 unspecified atom stereocenters. The number of hydrogen-bond donors (Lipinski definition) is 8. The highest BCUT2D eigenvalue weighted by atomic mass is 16.7. The fraction of sp³-hybridized carbons (Fsp3) is 1.00. The molecule has 0 aromatic heterocycles. The molecule has 11 nitrogen and oxygen atoms in total. The van der Waals surface area contributed by atoms with Gasteiger partial charge in [0.1, 0.15) is 36.6 Å². The standard InChI is InChI=1S/C21H36O11/c22-7-14-17(27)18(28)19(29)21(32-14)31-13-5-10-12(6-11(24)16(26)15(10)25)30-20(13)8-1-3-9(23)4-2-8/h8-29H,1-7H2/p+1/t8?,9?,10?,11?,12?,13?,14-,15?,16?,17-,18+,19-,20?,21-/m1/s1. The molecular formula is C21H37O11+. The van der Waals surface area contributed by atoms with E-state index in [0.29, 0.717) is 12.8 Å². The number of aliphatic hydroxyl groups excluding tert-OH is 8. The summed E-state index contributed by atoms with van der Waals surface area (Å²) < 4.78 is 16.5. The number of hydrogen-bond acceptors (Lipinski definition) is 10. The Bertz CT molecular complexity index is 613. The highest BCUT2D eigenvalue weighted by Gasteiger charge is 2.56. The van der Waals surface area contributed by atoms with E-state index >= 15 is 0 Å². The minimum atomic E-state index is -1.57. The van der Waals surface area contributed by atoms with Gasteiger partial charge in [-0.05, 0) is 32.1 Å². The molecule has 4 fully saturated rings. The van der Waals surface area contributed by atoms with Crippen molar-refractivity contribution in [3.63, 3.8) is 0 Å². The van der Waals surface area contributed by atoms with Crippen molar-refractivity contribution in [1.29, 1.82) is 0 Å². The normalized spacial score (nSPS) is 54.8. The zero-order valence-electron chi connectivity index (χ0n) is 17.9. The van der Waals surface area contributed by atoms with Crippen LogP contribution in [0.25, 0.3) is 0 Å². The highest BCUT2D eigenvalue weighted by Crippen LogP contribution is 2.42. The van der Waals surface area contributed by atoms with Crippen LogP contribution in [0.2, 0.25) is 0 Å². The minimum absolute atomic E-state index is 0.0790. The lowest BCUT2D eigenvalue weighted by Crippen LogP contribution is -2.64. The van der Waals surface area contributed by atoms with Crippen LogP contribution in [0.5, 0.6) is 0 Å². The molecule has 9 N–H and O–H groups in total. The van der Waals surface area contributed by atoms with Crippen molar-refractivity contribution in [3.05, 3.63) is 0 Å². The monoisotopic (exact) mass is 465 g/mol. The maximum Gasteiger partial charge on any atom is 0.187 e. The molecule has 186 valence electrons. The van der Waals surface area contributed by atoms with Gasteiger partial charge in [0, 0.05) is 12.3 Å². The van der Waals surface area contributed by atoms with E-state index in [4.69, 9.17) is 14.2 Å². The molecule has 2 aliphatic heterocycles. The molecule has 32 heavy (non-hydrogen) atoms. The molecule has 0 radical (unpaired) electrons. The van der Waals surface area contributed by atoms with Crippen LogP contribution in [0.1, 0.15) is 38.5 Å². The second-order valence-corrected chi connectivity index (χ2v) is 9.83. The maximum absolute atomic E-state index is 10.6. The average Bonchev–Trinajstić information content (AvgIpc) is 2.78. The first-order valence-electron chi connectivity index (χ1n) is 11.6. The number of ether oxygens (including phenoxy) is 3. The first kappa shape index (κ1) is 24.7. The van der Waals surface area contributed by atoms with Gasteiger partial charge in [-0.15, -0.1) is 0 Å². The SMILES string of the molecule is OC[C@H]1O[C@@H](OC2CC3C(CC(O)C(O)C3O)[OH+]C2C2CCC(O)CC2)[C@H](O)[C@@H](O)[C@@H]1O. The van der Waals surface area contributed by atoms with Gasteiger partial charge in [-0.2, -0.15) is 0 Å². The minimum Gasteiger partial charge on any atom is -0.427 e. The third kappa shape index (κ3) is 4.71. The van der Waals surface area contributed by atoms with Gasteiger partial charge in [0.25, 0.3) is 0 Å². The van der Waals surface area contributed by atoms with Crippen LogP contribution in [-0.4, -0.2) is 126 Å². The molecule has 2 heterocycles. The number of rotatable bonds is 4. The first-order chi connectivity index (χ1) is 15.2. The Morgan fingerprint density at radius 1 is 0.781 bits per heavy atom. The molecule has 4 aliphatic rings. The second kappa shape index (κ2) is 10.0. The van der Waals surface area contributed by atoms with Crippen LogP contribution in [0.4, 0.5) is 0 Å². The van der Waals surface area contributed by atoms with Crippen molar-refractivity contribution >= 4 is 0 Å². The summed E-state index contributed by atoms with van der Waals surface area (Å²) in [7, 11) is 0. The number of fused-ring (bicyclic) bond motifs is 1. The third-order valence-electron chi connectivity index (χ3n) is 7.79. The second-order valence-electron chi connectivity index (χ2n) is 9.83. The largest absolute Gasteiger partial charge is 0.427 e. The van der Waals surface area contributed by atoms with Gasteiger partial charge < -0.3 is 55.1 Å². The molecule has 0 bridgehead atoms. The van der Waals surface area contributed by atoms with E-state index in [2.05, 4.69) is 0 Å². The molecule has 4 rings (SSSR count). The van der Waals surface area contributed by atoms with Gasteiger partial charge in [-0.25, -0.2) is 0 Å². The summed E-state index contributed by atoms with van der Waals surface area (Å²) in [6.45, 7) is -0.572. The molecular weight excluding hydrogens is 428 g/mol. The summed E-state index contributed by atoms with van der Waals surface area (Å²) in [5.74, 6) is -0.385. The Labute approximate surface area is 186 Å². The Morgan fingerprint density at radius 2 is 1.47 bits per heavy atom. The van der Waals surface area contributed by atoms with E-state index in [1.165, 1.54) is 0 Å². The van der Waals surface area contributed by atoms with Crippen LogP contribution in [0, 0.1) is 11.8 Å². The molecule has 12 atom stereocenters. The van der Waals surface area contributed by atoms with Crippen LogP contribution in [0.3, 0.4) is 0 Å². The average molecular weight is 466 g/mol. The first-order valence-corrected chi connectivity index (χ1v) is 11.6. The summed E-state index contributed by atoms with van der Waals surface area (Å²) in [5.41, 5.74) is 0. The van der Waals surface area contributed by atoms with Crippen LogP contribution < -0.4 is 0 Å². The molecule has 0 spiro atoms. The van der Waals surface area contributed by atoms with E-state index in [1.54, 1.807) is 0 Å². The van der Waals surface area contributed by atoms with Gasteiger partial charge in [-0.1, -0.05) is 0 Å². The van der Waals surface area contributed by atoms with Crippen molar-refractivity contribution < 1.29 is 55.1 Å². The fourth-order valence-electron chi connectivity index (χ4n) is 5.82. The zero-order chi connectivity index (χ0) is 23.2. The predicted octanol–water partition coefficient (Wildman–Crippen LogP) is -3.51. The van der Waals surface area contributed by atoms with Crippen LogP contribution in [-0.2, 0) is 9.47 Å². The van der Waals surface area contributed by atoms with E-state index < -0.39 is 67.6 Å². The third-order valence-corrected chi connectivity index (χ3v) is 7.79. The Kier molecular flexibility index (Phi) is 7.75. The maximum atomic E-state index is 10.6. The van der Waals surface area contributed by atoms with Gasteiger partial charge in [-0.3, -0.25) is 0 Å². The van der Waals surface area contributed by atoms with E-state index in [9.17, 15) is 40.9 Å². The summed E-state index contributed by atoms with van der Waals surface area (Å²) in [6, 6.07) is 0. The van der Waals surface area contributed by atoms with E-state index in [0.717, 1.165) is 12.8 Å². The molecule has 11 heteroatoms. The van der Waals surface area contributed by atoms with Crippen molar-refractivity contribution in [1.82, 2.24) is 0 Å². The predicted molar refractivity (Wildman–Crippen MR) is 107 cm³/mol. The van der Waals surface area contributed by atoms with Gasteiger partial charge in [0.05, 0.1) is 30.8 Å². The van der Waals surface area contributed by atoms with Crippen molar-refractivity contribution in [2.24, 2.45) is 11.8 Å². The van der Waals surface area contributed by atoms with Crippen LogP contribution >= 0.6 is 0 Å². The van der Waals surface area contributed by atoms with Gasteiger partial charge in [0.2, 0.25) is 0 Å². The van der Waals surface area contributed by atoms with Gasteiger partial charge >= 0.3 is 0 Å². The molecule has 2 saturated heterocycles. The summed E-state index contributed by atoms with van der Waals surface area (Å²) >= 11 is 0. The lowest BCUT2D eigenvalue weighted by molar-refractivity contribution is -0.359. The lowest BCUT2D eigenvalue weighted by Gasteiger charge is -2.49. The van der Waals surface area contributed by atoms with E-state index in [1.807, 2.05) is 0 Å². The van der Waals surface area contributed by atoms with E-state index in [-0.39, 0.29) is 37.1 Å². The van der Waals surface area contributed by atoms with Gasteiger partial charge in [0.15, 0.2) is 18.5 Å². The Balaban J connectivity index is 1.54. The lowest BCUT2D eigenvalue weighted by atomic mass is 9.72. The molecule has 0 aromatic rings. The smallest absolute Gasteiger partial charge is 0.187 e. The van der Waals surface area contributed by atoms with Crippen molar-refractivity contribution in [2.45, 2.75) is 112 Å². The number of aliphatic hydroxyl groups is 10. The summed E-state index contributed by atoms with van der Waals surface area (Å²) in [4.78, 5) is 0. The fourth-order valence-corrected chi connectivity index (χ4v) is 5.82. The molecule has 0 aromatic carbocycles. The Hall–Kier alpha value is -0.440.